The maximum absolute atomic E-state index is 5.49. The van der Waals surface area contributed by atoms with Crippen LogP contribution in [0.15, 0.2) is 35.0 Å². The van der Waals surface area contributed by atoms with E-state index in [1.54, 1.807) is 22.7 Å². The first kappa shape index (κ1) is 12.5. The standard InChI is InChI=1S/C12H10N4S4/c17-11-13-9(7-3-1-5-19-7)15-12(18)14-10(16(11)15)8-4-2-6-20-8/h1-6,9-10H,(H,13,17)(H,14,18)/t9-,10+. The second-order valence-corrected chi connectivity index (χ2v) is 7.16. The molecule has 2 N–H and O–H groups in total. The van der Waals surface area contributed by atoms with E-state index in [0.717, 1.165) is 0 Å². The summed E-state index contributed by atoms with van der Waals surface area (Å²) in [5.74, 6) is 0. The molecule has 0 spiro atoms. The molecule has 2 aromatic rings. The van der Waals surface area contributed by atoms with E-state index in [9.17, 15) is 0 Å². The maximum atomic E-state index is 5.49. The number of hydrogen-bond donors (Lipinski definition) is 2. The average molecular weight is 339 g/mol. The van der Waals surface area contributed by atoms with Crippen LogP contribution in [0, 0.1) is 0 Å². The number of fused-ring (bicyclic) bond motifs is 1. The van der Waals surface area contributed by atoms with Crippen LogP contribution in [0.4, 0.5) is 0 Å². The third kappa shape index (κ3) is 1.76. The molecule has 0 aromatic carbocycles. The SMILES string of the molecule is S=C1N[C@@H](c2cccs2)N2C(=S)N[C@H](c3cccs3)N12. The molecule has 2 saturated heterocycles. The minimum Gasteiger partial charge on any atom is -0.335 e. The van der Waals surface area contributed by atoms with E-state index in [0.29, 0.717) is 10.2 Å². The second kappa shape index (κ2) is 4.66. The number of hydrazine groups is 1. The zero-order valence-electron chi connectivity index (χ0n) is 10.1. The van der Waals surface area contributed by atoms with Crippen molar-refractivity contribution in [2.24, 2.45) is 0 Å². The van der Waals surface area contributed by atoms with Gasteiger partial charge in [0.25, 0.3) is 0 Å². The van der Waals surface area contributed by atoms with Crippen LogP contribution in [0.25, 0.3) is 0 Å². The van der Waals surface area contributed by atoms with Gasteiger partial charge >= 0.3 is 0 Å². The molecule has 4 nitrogen and oxygen atoms in total. The Hall–Kier alpha value is -1.22. The predicted octanol–water partition coefficient (Wildman–Crippen LogP) is 2.80. The zero-order chi connectivity index (χ0) is 13.7. The van der Waals surface area contributed by atoms with Crippen LogP contribution in [0.1, 0.15) is 22.1 Å². The van der Waals surface area contributed by atoms with Gasteiger partial charge in [-0.05, 0) is 47.3 Å². The smallest absolute Gasteiger partial charge is 0.192 e. The number of hydrogen-bond acceptors (Lipinski definition) is 4. The van der Waals surface area contributed by atoms with Crippen molar-refractivity contribution in [1.29, 1.82) is 0 Å². The van der Waals surface area contributed by atoms with Crippen LogP contribution in [-0.2, 0) is 0 Å². The number of thiocarbonyl (C=S) groups is 2. The summed E-state index contributed by atoms with van der Waals surface area (Å²) in [5.41, 5.74) is 0. The molecule has 0 amide bonds. The lowest BCUT2D eigenvalue weighted by Gasteiger charge is -2.25. The quantitative estimate of drug-likeness (QED) is 0.819. The van der Waals surface area contributed by atoms with Gasteiger partial charge in [0.1, 0.15) is 0 Å². The molecule has 2 aliphatic heterocycles. The van der Waals surface area contributed by atoms with E-state index in [1.807, 2.05) is 22.2 Å². The first-order chi connectivity index (χ1) is 9.75. The van der Waals surface area contributed by atoms with E-state index in [1.165, 1.54) is 9.75 Å². The lowest BCUT2D eigenvalue weighted by Crippen LogP contribution is -2.35. The van der Waals surface area contributed by atoms with Gasteiger partial charge in [0.15, 0.2) is 22.6 Å². The molecule has 2 atom stereocenters. The Morgan fingerprint density at radius 2 is 1.30 bits per heavy atom. The Kier molecular flexibility index (Phi) is 2.92. The Bertz CT molecular complexity index is 593. The molecule has 8 heteroatoms. The summed E-state index contributed by atoms with van der Waals surface area (Å²) in [6.07, 6.45) is -0.0140. The van der Waals surface area contributed by atoms with Gasteiger partial charge in [-0.2, -0.15) is 0 Å². The first-order valence-corrected chi connectivity index (χ1v) is 8.59. The van der Waals surface area contributed by atoms with Crippen molar-refractivity contribution in [3.05, 3.63) is 44.8 Å². The summed E-state index contributed by atoms with van der Waals surface area (Å²) in [5, 5.41) is 16.3. The maximum Gasteiger partial charge on any atom is 0.192 e. The van der Waals surface area contributed by atoms with E-state index in [2.05, 4.69) is 33.5 Å². The molecule has 102 valence electrons. The third-order valence-corrected chi connectivity index (χ3v) is 5.74. The summed E-state index contributed by atoms with van der Waals surface area (Å²) in [6, 6.07) is 8.26. The fourth-order valence-electron chi connectivity index (χ4n) is 2.44. The molecular weight excluding hydrogens is 328 g/mol. The molecule has 0 bridgehead atoms. The van der Waals surface area contributed by atoms with E-state index >= 15 is 0 Å². The second-order valence-electron chi connectivity index (χ2n) is 4.42. The fraction of sp³-hybridized carbons (Fsp3) is 0.167. The van der Waals surface area contributed by atoms with Gasteiger partial charge in [-0.25, -0.2) is 10.0 Å². The molecule has 2 fully saturated rings. The van der Waals surface area contributed by atoms with Crippen molar-refractivity contribution in [3.63, 3.8) is 0 Å². The molecule has 0 radical (unpaired) electrons. The summed E-state index contributed by atoms with van der Waals surface area (Å²) >= 11 is 14.4. The third-order valence-electron chi connectivity index (χ3n) is 3.28. The summed E-state index contributed by atoms with van der Waals surface area (Å²) in [4.78, 5) is 2.40. The van der Waals surface area contributed by atoms with E-state index in [-0.39, 0.29) is 12.3 Å². The molecule has 4 rings (SSSR count). The van der Waals surface area contributed by atoms with E-state index < -0.39 is 0 Å². The van der Waals surface area contributed by atoms with Crippen molar-refractivity contribution < 1.29 is 0 Å². The van der Waals surface area contributed by atoms with Crippen molar-refractivity contribution in [3.8, 4) is 0 Å². The molecule has 2 aliphatic rings. The number of rotatable bonds is 2. The normalized spacial score (nSPS) is 24.8. The van der Waals surface area contributed by atoms with Crippen LogP contribution in [0.5, 0.6) is 0 Å². The van der Waals surface area contributed by atoms with Gasteiger partial charge in [0.05, 0.1) is 0 Å². The van der Waals surface area contributed by atoms with Crippen LogP contribution < -0.4 is 10.6 Å². The average Bonchev–Trinajstić information content (AvgIpc) is 3.17. The Labute approximate surface area is 135 Å². The zero-order valence-corrected chi connectivity index (χ0v) is 13.4. The molecule has 0 unspecified atom stereocenters. The van der Waals surface area contributed by atoms with Crippen LogP contribution in [0.2, 0.25) is 0 Å². The van der Waals surface area contributed by atoms with Crippen molar-refractivity contribution in [2.45, 2.75) is 12.3 Å². The van der Waals surface area contributed by atoms with Crippen LogP contribution in [0.3, 0.4) is 0 Å². The fourth-order valence-corrected chi connectivity index (χ4v) is 4.57. The van der Waals surface area contributed by atoms with Gasteiger partial charge in [-0.1, -0.05) is 12.1 Å². The van der Waals surface area contributed by atoms with Crippen LogP contribution in [-0.4, -0.2) is 20.2 Å². The van der Waals surface area contributed by atoms with Gasteiger partial charge in [-0.15, -0.1) is 22.7 Å². The van der Waals surface area contributed by atoms with Gasteiger partial charge < -0.3 is 10.6 Å². The van der Waals surface area contributed by atoms with Gasteiger partial charge in [0, 0.05) is 9.75 Å². The molecule has 0 aliphatic carbocycles. The topological polar surface area (TPSA) is 30.5 Å². The van der Waals surface area contributed by atoms with Crippen LogP contribution >= 0.6 is 47.1 Å². The summed E-state index contributed by atoms with van der Waals surface area (Å²) in [7, 11) is 0. The highest BCUT2D eigenvalue weighted by Gasteiger charge is 2.47. The lowest BCUT2D eigenvalue weighted by molar-refractivity contribution is 0.117. The largest absolute Gasteiger partial charge is 0.335 e. The molecule has 20 heavy (non-hydrogen) atoms. The van der Waals surface area contributed by atoms with Crippen molar-refractivity contribution >= 4 is 57.3 Å². The Morgan fingerprint density at radius 1 is 0.850 bits per heavy atom. The van der Waals surface area contributed by atoms with Gasteiger partial charge in [-0.3, -0.25) is 0 Å². The molecule has 2 aromatic heterocycles. The highest BCUT2D eigenvalue weighted by molar-refractivity contribution is 7.80. The van der Waals surface area contributed by atoms with Crippen molar-refractivity contribution in [1.82, 2.24) is 20.7 Å². The summed E-state index contributed by atoms with van der Waals surface area (Å²) < 4.78 is 0. The highest BCUT2D eigenvalue weighted by atomic mass is 32.1. The molecule has 4 heterocycles. The monoisotopic (exact) mass is 338 g/mol. The molecule has 0 saturated carbocycles. The minimum absolute atomic E-state index is 0.00698. The lowest BCUT2D eigenvalue weighted by atomic mass is 10.4. The molecular formula is C12H10N4S4. The highest BCUT2D eigenvalue weighted by Crippen LogP contribution is 2.38. The predicted molar refractivity (Wildman–Crippen MR) is 89.3 cm³/mol. The summed E-state index contributed by atoms with van der Waals surface area (Å²) in [6.45, 7) is 0. The first-order valence-electron chi connectivity index (χ1n) is 6.02. The van der Waals surface area contributed by atoms with Gasteiger partial charge in [0.2, 0.25) is 0 Å². The number of thiophene rings is 2. The number of nitrogens with zero attached hydrogens (tertiary/aromatic N) is 2. The van der Waals surface area contributed by atoms with E-state index in [4.69, 9.17) is 24.4 Å². The van der Waals surface area contributed by atoms with Crippen molar-refractivity contribution in [2.75, 3.05) is 0 Å². The number of nitrogens with one attached hydrogen (secondary N) is 2. The Morgan fingerprint density at radius 3 is 1.65 bits per heavy atom. The minimum atomic E-state index is -0.00698. The Balaban J connectivity index is 1.73.